The molecule has 0 radical (unpaired) electrons. The van der Waals surface area contributed by atoms with Gasteiger partial charge in [-0.2, -0.15) is 0 Å². The highest BCUT2D eigenvalue weighted by molar-refractivity contribution is 5.91. The maximum atomic E-state index is 11.4. The number of carbonyl (C=O) groups is 1. The Labute approximate surface area is 88.8 Å². The summed E-state index contributed by atoms with van der Waals surface area (Å²) in [6.45, 7) is 0. The van der Waals surface area contributed by atoms with E-state index in [2.05, 4.69) is 5.32 Å². The number of nitrogens with zero attached hydrogens (tertiary/aromatic N) is 1. The Morgan fingerprint density at radius 2 is 2.13 bits per heavy atom. The van der Waals surface area contributed by atoms with Crippen molar-refractivity contribution in [2.75, 3.05) is 32.3 Å². The third-order valence-electron chi connectivity index (χ3n) is 1.87. The topological polar surface area (TPSA) is 67.6 Å². The molecule has 1 aromatic carbocycles. The molecule has 0 spiro atoms. The molecule has 0 aliphatic carbocycles. The Morgan fingerprint density at radius 1 is 1.47 bits per heavy atom. The van der Waals surface area contributed by atoms with E-state index < -0.39 is 0 Å². The molecule has 15 heavy (non-hydrogen) atoms. The molecular weight excluding hydrogens is 194 g/mol. The van der Waals surface area contributed by atoms with Crippen LogP contribution in [-0.4, -0.2) is 32.1 Å². The molecule has 0 heterocycles. The van der Waals surface area contributed by atoms with Gasteiger partial charge < -0.3 is 20.7 Å². The van der Waals surface area contributed by atoms with Crippen LogP contribution in [0.5, 0.6) is 5.75 Å². The van der Waals surface area contributed by atoms with E-state index in [0.29, 0.717) is 17.1 Å². The molecule has 0 saturated carbocycles. The van der Waals surface area contributed by atoms with Crippen LogP contribution >= 0.6 is 0 Å². The van der Waals surface area contributed by atoms with E-state index >= 15 is 0 Å². The van der Waals surface area contributed by atoms with Gasteiger partial charge in [0.25, 0.3) is 0 Å². The fraction of sp³-hybridized carbons (Fsp3) is 0.300. The van der Waals surface area contributed by atoms with Crippen LogP contribution in [0, 0.1) is 0 Å². The molecule has 0 fully saturated rings. The molecule has 0 aliphatic heterocycles. The fourth-order valence-corrected chi connectivity index (χ4v) is 1.05. The van der Waals surface area contributed by atoms with Gasteiger partial charge in [0.05, 0.1) is 12.8 Å². The van der Waals surface area contributed by atoms with Crippen LogP contribution in [0.15, 0.2) is 18.2 Å². The van der Waals surface area contributed by atoms with Gasteiger partial charge in [-0.05, 0) is 18.2 Å². The highest BCUT2D eigenvalue weighted by atomic mass is 16.5. The van der Waals surface area contributed by atoms with E-state index in [1.54, 1.807) is 32.3 Å². The zero-order chi connectivity index (χ0) is 11.4. The molecule has 2 amide bonds. The first kappa shape index (κ1) is 11.2. The SMILES string of the molecule is COc1ccc(N)cc1NC(=O)N(C)C. The Kier molecular flexibility index (Phi) is 3.38. The molecule has 1 aromatic rings. The average Bonchev–Trinajstić information content (AvgIpc) is 2.18. The summed E-state index contributed by atoms with van der Waals surface area (Å²) in [5, 5.41) is 2.68. The third kappa shape index (κ3) is 2.77. The Hall–Kier alpha value is -1.91. The monoisotopic (exact) mass is 209 g/mol. The molecule has 82 valence electrons. The number of hydrogen-bond donors (Lipinski definition) is 2. The first-order valence-corrected chi connectivity index (χ1v) is 4.46. The summed E-state index contributed by atoms with van der Waals surface area (Å²) in [5.41, 5.74) is 6.75. The molecule has 5 nitrogen and oxygen atoms in total. The second kappa shape index (κ2) is 4.54. The smallest absolute Gasteiger partial charge is 0.321 e. The normalized spacial score (nSPS) is 9.53. The number of rotatable bonds is 2. The standard InChI is InChI=1S/C10H15N3O2/c1-13(2)10(14)12-8-6-7(11)4-5-9(8)15-3/h4-6H,11H2,1-3H3,(H,12,14). The molecule has 5 heteroatoms. The zero-order valence-corrected chi connectivity index (χ0v) is 9.07. The van der Waals surface area contributed by atoms with Crippen molar-refractivity contribution in [3.8, 4) is 5.75 Å². The van der Waals surface area contributed by atoms with Gasteiger partial charge in [0.2, 0.25) is 0 Å². The molecule has 0 saturated heterocycles. The van der Waals surface area contributed by atoms with Crippen molar-refractivity contribution in [3.05, 3.63) is 18.2 Å². The summed E-state index contributed by atoms with van der Waals surface area (Å²) in [4.78, 5) is 12.8. The van der Waals surface area contributed by atoms with Gasteiger partial charge in [0.15, 0.2) is 0 Å². The summed E-state index contributed by atoms with van der Waals surface area (Å²) in [5.74, 6) is 0.583. The number of anilines is 2. The Balaban J connectivity index is 2.92. The van der Waals surface area contributed by atoms with E-state index in [9.17, 15) is 4.79 Å². The van der Waals surface area contributed by atoms with Crippen molar-refractivity contribution in [1.82, 2.24) is 4.90 Å². The lowest BCUT2D eigenvalue weighted by atomic mass is 10.2. The zero-order valence-electron chi connectivity index (χ0n) is 9.07. The summed E-state index contributed by atoms with van der Waals surface area (Å²) in [6.07, 6.45) is 0. The second-order valence-corrected chi connectivity index (χ2v) is 3.28. The van der Waals surface area contributed by atoms with E-state index in [-0.39, 0.29) is 6.03 Å². The van der Waals surface area contributed by atoms with Crippen LogP contribution < -0.4 is 15.8 Å². The highest BCUT2D eigenvalue weighted by Crippen LogP contribution is 2.26. The van der Waals surface area contributed by atoms with Crippen LogP contribution in [0.2, 0.25) is 0 Å². The number of amides is 2. The Bertz CT molecular complexity index is 364. The minimum Gasteiger partial charge on any atom is -0.495 e. The minimum absolute atomic E-state index is 0.223. The van der Waals surface area contributed by atoms with Crippen molar-refractivity contribution in [3.63, 3.8) is 0 Å². The number of nitrogens with one attached hydrogen (secondary N) is 1. The highest BCUT2D eigenvalue weighted by Gasteiger charge is 2.08. The molecule has 0 atom stereocenters. The lowest BCUT2D eigenvalue weighted by Gasteiger charge is -2.14. The molecule has 0 bridgehead atoms. The van der Waals surface area contributed by atoms with Gasteiger partial charge in [0, 0.05) is 19.8 Å². The second-order valence-electron chi connectivity index (χ2n) is 3.28. The number of ether oxygens (including phenoxy) is 1. The van der Waals surface area contributed by atoms with Gasteiger partial charge >= 0.3 is 6.03 Å². The molecule has 1 rings (SSSR count). The summed E-state index contributed by atoms with van der Waals surface area (Å²) >= 11 is 0. The predicted molar refractivity (Wildman–Crippen MR) is 60.1 cm³/mol. The fourth-order valence-electron chi connectivity index (χ4n) is 1.05. The third-order valence-corrected chi connectivity index (χ3v) is 1.87. The number of hydrogen-bond acceptors (Lipinski definition) is 3. The van der Waals surface area contributed by atoms with E-state index in [1.807, 2.05) is 0 Å². The van der Waals surface area contributed by atoms with Crippen molar-refractivity contribution in [2.45, 2.75) is 0 Å². The van der Waals surface area contributed by atoms with Crippen LogP contribution in [0.1, 0.15) is 0 Å². The van der Waals surface area contributed by atoms with Crippen molar-refractivity contribution >= 4 is 17.4 Å². The molecular formula is C10H15N3O2. The summed E-state index contributed by atoms with van der Waals surface area (Å²) in [7, 11) is 4.86. The van der Waals surface area contributed by atoms with E-state index in [4.69, 9.17) is 10.5 Å². The molecule has 0 aliphatic rings. The lowest BCUT2D eigenvalue weighted by Crippen LogP contribution is -2.27. The number of carbonyl (C=O) groups excluding carboxylic acids is 1. The number of methoxy groups -OCH3 is 1. The summed E-state index contributed by atoms with van der Waals surface area (Å²) in [6, 6.07) is 4.85. The first-order valence-electron chi connectivity index (χ1n) is 4.46. The lowest BCUT2D eigenvalue weighted by molar-refractivity contribution is 0.230. The summed E-state index contributed by atoms with van der Waals surface area (Å²) < 4.78 is 5.09. The van der Waals surface area contributed by atoms with Gasteiger partial charge in [-0.15, -0.1) is 0 Å². The molecule has 0 aromatic heterocycles. The van der Waals surface area contributed by atoms with E-state index in [0.717, 1.165) is 0 Å². The van der Waals surface area contributed by atoms with Crippen LogP contribution in [-0.2, 0) is 0 Å². The molecule has 0 unspecified atom stereocenters. The maximum absolute atomic E-state index is 11.4. The van der Waals surface area contributed by atoms with Gasteiger partial charge in [-0.3, -0.25) is 0 Å². The van der Waals surface area contributed by atoms with Crippen molar-refractivity contribution in [1.29, 1.82) is 0 Å². The Morgan fingerprint density at radius 3 is 2.67 bits per heavy atom. The van der Waals surface area contributed by atoms with Crippen LogP contribution in [0.25, 0.3) is 0 Å². The number of benzene rings is 1. The van der Waals surface area contributed by atoms with Gasteiger partial charge in [-0.1, -0.05) is 0 Å². The number of nitrogens with two attached hydrogens (primary N) is 1. The van der Waals surface area contributed by atoms with Crippen molar-refractivity contribution < 1.29 is 9.53 Å². The average molecular weight is 209 g/mol. The van der Waals surface area contributed by atoms with Crippen molar-refractivity contribution in [2.24, 2.45) is 0 Å². The quantitative estimate of drug-likeness (QED) is 0.723. The maximum Gasteiger partial charge on any atom is 0.321 e. The number of urea groups is 1. The first-order chi connectivity index (χ1) is 7.04. The van der Waals surface area contributed by atoms with Crippen LogP contribution in [0.4, 0.5) is 16.2 Å². The predicted octanol–water partition coefficient (Wildman–Crippen LogP) is 1.37. The van der Waals surface area contributed by atoms with E-state index in [1.165, 1.54) is 12.0 Å². The largest absolute Gasteiger partial charge is 0.495 e. The molecule has 3 N–H and O–H groups in total. The van der Waals surface area contributed by atoms with Gasteiger partial charge in [-0.25, -0.2) is 4.79 Å². The number of nitrogen functional groups attached to an aromatic ring is 1. The van der Waals surface area contributed by atoms with Gasteiger partial charge in [0.1, 0.15) is 5.75 Å². The minimum atomic E-state index is -0.223. The van der Waals surface area contributed by atoms with Crippen LogP contribution in [0.3, 0.4) is 0 Å².